The molecule has 14 heavy (non-hydrogen) atoms. The molecule has 0 radical (unpaired) electrons. The SMILES string of the molecule is CC(C)N1CCCN(CC(=O)O)CC1. The summed E-state index contributed by atoms with van der Waals surface area (Å²) in [6.45, 7) is 8.43. The Bertz CT molecular complexity index is 195. The zero-order valence-electron chi connectivity index (χ0n) is 9.07. The van der Waals surface area contributed by atoms with Crippen LogP contribution in [0.25, 0.3) is 0 Å². The van der Waals surface area contributed by atoms with Crippen molar-refractivity contribution in [2.24, 2.45) is 0 Å². The van der Waals surface area contributed by atoms with E-state index in [0.29, 0.717) is 6.04 Å². The molecule has 0 aromatic rings. The Morgan fingerprint density at radius 2 is 2.00 bits per heavy atom. The molecule has 1 aliphatic heterocycles. The van der Waals surface area contributed by atoms with Gasteiger partial charge in [-0.05, 0) is 26.8 Å². The van der Waals surface area contributed by atoms with Crippen LogP contribution in [0.15, 0.2) is 0 Å². The maximum Gasteiger partial charge on any atom is 0.317 e. The second-order valence-corrected chi connectivity index (χ2v) is 4.15. The first-order valence-electron chi connectivity index (χ1n) is 5.28. The second-order valence-electron chi connectivity index (χ2n) is 4.15. The molecule has 1 N–H and O–H groups in total. The number of carboxylic acids is 1. The molecule has 4 heteroatoms. The van der Waals surface area contributed by atoms with Gasteiger partial charge in [0.25, 0.3) is 0 Å². The fourth-order valence-electron chi connectivity index (χ4n) is 1.86. The fraction of sp³-hybridized carbons (Fsp3) is 0.900. The van der Waals surface area contributed by atoms with Gasteiger partial charge < -0.3 is 5.11 Å². The van der Waals surface area contributed by atoms with E-state index in [2.05, 4.69) is 18.7 Å². The highest BCUT2D eigenvalue weighted by molar-refractivity contribution is 5.69. The van der Waals surface area contributed by atoms with Crippen LogP contribution in [0.2, 0.25) is 0 Å². The molecule has 1 aliphatic rings. The van der Waals surface area contributed by atoms with Crippen molar-refractivity contribution in [2.75, 3.05) is 32.7 Å². The van der Waals surface area contributed by atoms with Crippen LogP contribution in [0, 0.1) is 0 Å². The van der Waals surface area contributed by atoms with Crippen molar-refractivity contribution in [1.29, 1.82) is 0 Å². The summed E-state index contributed by atoms with van der Waals surface area (Å²) in [7, 11) is 0. The summed E-state index contributed by atoms with van der Waals surface area (Å²) in [4.78, 5) is 15.0. The van der Waals surface area contributed by atoms with E-state index in [-0.39, 0.29) is 6.54 Å². The Labute approximate surface area is 85.5 Å². The number of hydrogen-bond acceptors (Lipinski definition) is 3. The molecule has 4 nitrogen and oxygen atoms in total. The van der Waals surface area contributed by atoms with E-state index in [9.17, 15) is 4.79 Å². The molecule has 0 atom stereocenters. The van der Waals surface area contributed by atoms with Crippen LogP contribution in [0.5, 0.6) is 0 Å². The third-order valence-corrected chi connectivity index (χ3v) is 2.71. The minimum Gasteiger partial charge on any atom is -0.480 e. The molecule has 1 saturated heterocycles. The van der Waals surface area contributed by atoms with Gasteiger partial charge in [-0.15, -0.1) is 0 Å². The molecule has 0 unspecified atom stereocenters. The zero-order valence-corrected chi connectivity index (χ0v) is 9.07. The van der Waals surface area contributed by atoms with E-state index < -0.39 is 5.97 Å². The fourth-order valence-corrected chi connectivity index (χ4v) is 1.86. The van der Waals surface area contributed by atoms with Crippen LogP contribution < -0.4 is 0 Å². The number of aliphatic carboxylic acids is 1. The van der Waals surface area contributed by atoms with E-state index in [0.717, 1.165) is 32.6 Å². The predicted octanol–water partition coefficient (Wildman–Crippen LogP) is 0.487. The van der Waals surface area contributed by atoms with E-state index in [1.165, 1.54) is 0 Å². The van der Waals surface area contributed by atoms with Crippen LogP contribution in [-0.4, -0.2) is 59.6 Å². The van der Waals surface area contributed by atoms with E-state index in [4.69, 9.17) is 5.11 Å². The minimum atomic E-state index is -0.719. The minimum absolute atomic E-state index is 0.186. The number of hydrogen-bond donors (Lipinski definition) is 1. The lowest BCUT2D eigenvalue weighted by Crippen LogP contribution is -2.36. The monoisotopic (exact) mass is 200 g/mol. The lowest BCUT2D eigenvalue weighted by molar-refractivity contribution is -0.138. The summed E-state index contributed by atoms with van der Waals surface area (Å²) >= 11 is 0. The van der Waals surface area contributed by atoms with Crippen molar-refractivity contribution in [1.82, 2.24) is 9.80 Å². The molecule has 0 saturated carbocycles. The van der Waals surface area contributed by atoms with Crippen LogP contribution in [0.1, 0.15) is 20.3 Å². The zero-order chi connectivity index (χ0) is 10.6. The van der Waals surface area contributed by atoms with Gasteiger partial charge in [0.2, 0.25) is 0 Å². The van der Waals surface area contributed by atoms with Gasteiger partial charge in [0.1, 0.15) is 0 Å². The molecule has 82 valence electrons. The van der Waals surface area contributed by atoms with Gasteiger partial charge in [-0.1, -0.05) is 0 Å². The number of carbonyl (C=O) groups is 1. The van der Waals surface area contributed by atoms with Gasteiger partial charge in [0.15, 0.2) is 0 Å². The third-order valence-electron chi connectivity index (χ3n) is 2.71. The van der Waals surface area contributed by atoms with Crippen LogP contribution >= 0.6 is 0 Å². The van der Waals surface area contributed by atoms with Crippen LogP contribution in [0.4, 0.5) is 0 Å². The molecule has 0 amide bonds. The first-order valence-corrected chi connectivity index (χ1v) is 5.28. The summed E-state index contributed by atoms with van der Waals surface area (Å²) in [5.41, 5.74) is 0. The van der Waals surface area contributed by atoms with E-state index in [1.54, 1.807) is 0 Å². The molecule has 0 spiro atoms. The maximum absolute atomic E-state index is 10.5. The predicted molar refractivity (Wildman–Crippen MR) is 55.4 cm³/mol. The maximum atomic E-state index is 10.5. The quantitative estimate of drug-likeness (QED) is 0.720. The Balaban J connectivity index is 2.36. The lowest BCUT2D eigenvalue weighted by atomic mass is 10.3. The molecule has 0 aliphatic carbocycles. The van der Waals surface area contributed by atoms with Crippen molar-refractivity contribution in [3.8, 4) is 0 Å². The molecular formula is C10H20N2O2. The average molecular weight is 200 g/mol. The second kappa shape index (κ2) is 5.32. The first-order chi connectivity index (χ1) is 6.59. The summed E-state index contributed by atoms with van der Waals surface area (Å²) in [6, 6.07) is 0.569. The summed E-state index contributed by atoms with van der Waals surface area (Å²) in [5.74, 6) is -0.719. The van der Waals surface area contributed by atoms with Crippen LogP contribution in [-0.2, 0) is 4.79 Å². The summed E-state index contributed by atoms with van der Waals surface area (Å²) in [5, 5.41) is 8.68. The van der Waals surface area contributed by atoms with Gasteiger partial charge in [0, 0.05) is 25.7 Å². The van der Waals surface area contributed by atoms with Crippen molar-refractivity contribution in [3.63, 3.8) is 0 Å². The topological polar surface area (TPSA) is 43.8 Å². The number of rotatable bonds is 3. The lowest BCUT2D eigenvalue weighted by Gasteiger charge is -2.24. The first kappa shape index (κ1) is 11.5. The third kappa shape index (κ3) is 3.64. The number of nitrogens with zero attached hydrogens (tertiary/aromatic N) is 2. The van der Waals surface area contributed by atoms with Crippen molar-refractivity contribution >= 4 is 5.97 Å². The van der Waals surface area contributed by atoms with E-state index in [1.807, 2.05) is 4.90 Å². The Hall–Kier alpha value is -0.610. The van der Waals surface area contributed by atoms with Crippen molar-refractivity contribution in [3.05, 3.63) is 0 Å². The van der Waals surface area contributed by atoms with Gasteiger partial charge in [-0.3, -0.25) is 14.6 Å². The van der Waals surface area contributed by atoms with Gasteiger partial charge in [-0.25, -0.2) is 0 Å². The Kier molecular flexibility index (Phi) is 4.35. The molecule has 1 rings (SSSR count). The smallest absolute Gasteiger partial charge is 0.317 e. The van der Waals surface area contributed by atoms with Crippen molar-refractivity contribution in [2.45, 2.75) is 26.3 Å². The van der Waals surface area contributed by atoms with Crippen molar-refractivity contribution < 1.29 is 9.90 Å². The molecule has 1 heterocycles. The highest BCUT2D eigenvalue weighted by Crippen LogP contribution is 2.06. The van der Waals surface area contributed by atoms with Gasteiger partial charge >= 0.3 is 5.97 Å². The summed E-state index contributed by atoms with van der Waals surface area (Å²) < 4.78 is 0. The normalized spacial score (nSPS) is 21.1. The molecule has 1 fully saturated rings. The van der Waals surface area contributed by atoms with Crippen LogP contribution in [0.3, 0.4) is 0 Å². The highest BCUT2D eigenvalue weighted by Gasteiger charge is 2.17. The Morgan fingerprint density at radius 3 is 2.57 bits per heavy atom. The van der Waals surface area contributed by atoms with Gasteiger partial charge in [-0.2, -0.15) is 0 Å². The highest BCUT2D eigenvalue weighted by atomic mass is 16.4. The summed E-state index contributed by atoms with van der Waals surface area (Å²) in [6.07, 6.45) is 1.07. The molecule has 0 bridgehead atoms. The largest absolute Gasteiger partial charge is 0.480 e. The molecule has 0 aromatic heterocycles. The molecular weight excluding hydrogens is 180 g/mol. The molecule has 0 aromatic carbocycles. The standard InChI is InChI=1S/C10H20N2O2/c1-9(2)12-5-3-4-11(6-7-12)8-10(13)14/h9H,3-8H2,1-2H3,(H,13,14). The van der Waals surface area contributed by atoms with E-state index >= 15 is 0 Å². The average Bonchev–Trinajstić information content (AvgIpc) is 2.28. The number of carboxylic acid groups (broad SMARTS) is 1. The Morgan fingerprint density at radius 1 is 1.29 bits per heavy atom. The van der Waals surface area contributed by atoms with Gasteiger partial charge in [0.05, 0.1) is 6.54 Å².